The van der Waals surface area contributed by atoms with Crippen LogP contribution in [0, 0.1) is 0 Å². The van der Waals surface area contributed by atoms with Crippen molar-refractivity contribution in [1.82, 2.24) is 20.2 Å². The molecule has 1 heterocycles. The van der Waals surface area contributed by atoms with E-state index >= 15 is 0 Å². The summed E-state index contributed by atoms with van der Waals surface area (Å²) in [5.74, 6) is 0.502. The molecule has 4 rings (SSSR count). The molecule has 0 saturated heterocycles. The molecule has 0 aliphatic heterocycles. The number of nitrogens with zero attached hydrogens (tertiary/aromatic N) is 4. The van der Waals surface area contributed by atoms with Crippen LogP contribution in [0.15, 0.2) is 83.1 Å². The van der Waals surface area contributed by atoms with E-state index in [2.05, 4.69) is 53.6 Å². The summed E-state index contributed by atoms with van der Waals surface area (Å²) in [6, 6.07) is 22.8. The van der Waals surface area contributed by atoms with Gasteiger partial charge in [-0.3, -0.25) is 9.36 Å². The number of hydrogen-bond donors (Lipinski definition) is 1. The maximum absolute atomic E-state index is 12.5. The summed E-state index contributed by atoms with van der Waals surface area (Å²) in [7, 11) is 0. The van der Waals surface area contributed by atoms with Crippen LogP contribution in [-0.4, -0.2) is 32.6 Å². The number of hydrogen-bond acceptors (Lipinski definition) is 5. The average molecular weight is 539 g/mol. The Balaban J connectivity index is 1.46. The third-order valence-electron chi connectivity index (χ3n) is 5.33. The molecule has 0 aliphatic carbocycles. The molecule has 6 nitrogen and oxygen atoms in total. The van der Waals surface area contributed by atoms with Gasteiger partial charge in [-0.05, 0) is 65.1 Å². The van der Waals surface area contributed by atoms with Crippen molar-refractivity contribution >= 4 is 47.1 Å². The van der Waals surface area contributed by atoms with E-state index in [9.17, 15) is 4.79 Å². The standard InChI is InChI=1S/C27H25Cl2N5OS/c1-27(2,3)20-8-4-18(5-9-20)16-30-31-24(35)17-36-26-33-32-25(19-6-10-21(28)11-7-19)34(26)23-14-12-22(29)13-15-23/h4-16H,17H2,1-3H3,(H,31,35). The van der Waals surface area contributed by atoms with Gasteiger partial charge in [-0.1, -0.05) is 80.0 Å². The number of hydrazone groups is 1. The normalized spacial score (nSPS) is 11.7. The average Bonchev–Trinajstić information content (AvgIpc) is 3.27. The van der Waals surface area contributed by atoms with Crippen LogP contribution in [0.4, 0.5) is 0 Å². The van der Waals surface area contributed by atoms with Crippen molar-refractivity contribution in [2.24, 2.45) is 5.10 Å². The molecule has 0 saturated carbocycles. The molecule has 184 valence electrons. The van der Waals surface area contributed by atoms with Crippen LogP contribution in [-0.2, 0) is 10.2 Å². The van der Waals surface area contributed by atoms with Crippen LogP contribution in [0.3, 0.4) is 0 Å². The number of amides is 1. The zero-order chi connectivity index (χ0) is 25.7. The number of carbonyl (C=O) groups excluding carboxylic acids is 1. The van der Waals surface area contributed by atoms with Gasteiger partial charge in [-0.2, -0.15) is 5.10 Å². The summed E-state index contributed by atoms with van der Waals surface area (Å²) in [5, 5.41) is 14.6. The molecule has 0 unspecified atom stereocenters. The Labute approximate surface area is 224 Å². The van der Waals surface area contributed by atoms with E-state index in [4.69, 9.17) is 23.2 Å². The molecule has 36 heavy (non-hydrogen) atoms. The molecular formula is C27H25Cl2N5OS. The van der Waals surface area contributed by atoms with E-state index in [1.807, 2.05) is 41.0 Å². The highest BCUT2D eigenvalue weighted by molar-refractivity contribution is 7.99. The third kappa shape index (κ3) is 6.55. The largest absolute Gasteiger partial charge is 0.272 e. The highest BCUT2D eigenvalue weighted by Crippen LogP contribution is 2.29. The van der Waals surface area contributed by atoms with E-state index in [1.165, 1.54) is 17.3 Å². The lowest BCUT2D eigenvalue weighted by molar-refractivity contribution is -0.118. The smallest absolute Gasteiger partial charge is 0.250 e. The van der Waals surface area contributed by atoms with Crippen molar-refractivity contribution in [3.05, 3.63) is 94.0 Å². The van der Waals surface area contributed by atoms with Crippen LogP contribution in [0.1, 0.15) is 31.9 Å². The lowest BCUT2D eigenvalue weighted by atomic mass is 9.87. The van der Waals surface area contributed by atoms with E-state index in [1.54, 1.807) is 30.5 Å². The van der Waals surface area contributed by atoms with Gasteiger partial charge in [0.05, 0.1) is 12.0 Å². The van der Waals surface area contributed by atoms with Gasteiger partial charge in [0.2, 0.25) is 0 Å². The molecule has 0 fully saturated rings. The quantitative estimate of drug-likeness (QED) is 0.160. The van der Waals surface area contributed by atoms with Gasteiger partial charge < -0.3 is 0 Å². The SMILES string of the molecule is CC(C)(C)c1ccc(C=NNC(=O)CSc2nnc(-c3ccc(Cl)cc3)n2-c2ccc(Cl)cc2)cc1. The molecule has 1 N–H and O–H groups in total. The number of nitrogens with one attached hydrogen (secondary N) is 1. The second-order valence-corrected chi connectivity index (χ2v) is 10.9. The van der Waals surface area contributed by atoms with E-state index in [-0.39, 0.29) is 17.1 Å². The monoisotopic (exact) mass is 537 g/mol. The minimum absolute atomic E-state index is 0.0844. The summed E-state index contributed by atoms with van der Waals surface area (Å²) >= 11 is 13.4. The van der Waals surface area contributed by atoms with E-state index in [0.717, 1.165) is 16.8 Å². The highest BCUT2D eigenvalue weighted by atomic mass is 35.5. The molecule has 4 aromatic rings. The van der Waals surface area contributed by atoms with Crippen molar-refractivity contribution in [2.45, 2.75) is 31.3 Å². The first-order chi connectivity index (χ1) is 17.2. The Morgan fingerprint density at radius 3 is 2.17 bits per heavy atom. The van der Waals surface area contributed by atoms with E-state index < -0.39 is 0 Å². The van der Waals surface area contributed by atoms with Gasteiger partial charge in [0, 0.05) is 21.3 Å². The minimum Gasteiger partial charge on any atom is -0.272 e. The molecular weight excluding hydrogens is 513 g/mol. The number of thioether (sulfide) groups is 1. The molecule has 0 atom stereocenters. The maximum atomic E-state index is 12.5. The molecule has 0 radical (unpaired) electrons. The van der Waals surface area contributed by atoms with Crippen molar-refractivity contribution in [1.29, 1.82) is 0 Å². The van der Waals surface area contributed by atoms with Crippen molar-refractivity contribution in [2.75, 3.05) is 5.75 Å². The number of halogens is 2. The van der Waals surface area contributed by atoms with Crippen LogP contribution in [0.5, 0.6) is 0 Å². The van der Waals surface area contributed by atoms with E-state index in [0.29, 0.717) is 21.0 Å². The molecule has 0 bridgehead atoms. The van der Waals surface area contributed by atoms with Gasteiger partial charge in [0.25, 0.3) is 5.91 Å². The molecule has 9 heteroatoms. The van der Waals surface area contributed by atoms with Crippen LogP contribution >= 0.6 is 35.0 Å². The summed E-state index contributed by atoms with van der Waals surface area (Å²) < 4.78 is 1.89. The lowest BCUT2D eigenvalue weighted by Crippen LogP contribution is -2.20. The first-order valence-electron chi connectivity index (χ1n) is 11.2. The second kappa shape index (κ2) is 11.3. The van der Waals surface area contributed by atoms with Gasteiger partial charge in [0.1, 0.15) is 0 Å². The highest BCUT2D eigenvalue weighted by Gasteiger charge is 2.17. The topological polar surface area (TPSA) is 72.2 Å². The summed E-state index contributed by atoms with van der Waals surface area (Å²) in [4.78, 5) is 12.5. The van der Waals surface area contributed by atoms with Gasteiger partial charge >= 0.3 is 0 Å². The first-order valence-corrected chi connectivity index (χ1v) is 13.0. The minimum atomic E-state index is -0.249. The Bertz CT molecular complexity index is 1360. The third-order valence-corrected chi connectivity index (χ3v) is 6.77. The Morgan fingerprint density at radius 2 is 1.56 bits per heavy atom. The van der Waals surface area contributed by atoms with Crippen LogP contribution in [0.2, 0.25) is 10.0 Å². The number of rotatable bonds is 7. The van der Waals surface area contributed by atoms with Gasteiger partial charge in [-0.15, -0.1) is 10.2 Å². The Morgan fingerprint density at radius 1 is 0.944 bits per heavy atom. The van der Waals surface area contributed by atoms with Gasteiger partial charge in [0.15, 0.2) is 11.0 Å². The maximum Gasteiger partial charge on any atom is 0.250 e. The van der Waals surface area contributed by atoms with Crippen LogP contribution < -0.4 is 5.43 Å². The number of aromatic nitrogens is 3. The Kier molecular flexibility index (Phi) is 8.14. The molecule has 1 aromatic heterocycles. The predicted octanol–water partition coefficient (Wildman–Crippen LogP) is 6.78. The number of benzene rings is 3. The zero-order valence-corrected chi connectivity index (χ0v) is 22.4. The summed E-state index contributed by atoms with van der Waals surface area (Å²) in [6.45, 7) is 6.50. The second-order valence-electron chi connectivity index (χ2n) is 9.08. The summed E-state index contributed by atoms with van der Waals surface area (Å²) in [6.07, 6.45) is 1.63. The van der Waals surface area contributed by atoms with Crippen molar-refractivity contribution in [3.63, 3.8) is 0 Å². The molecule has 0 aliphatic rings. The fourth-order valence-corrected chi connectivity index (χ4v) is 4.38. The van der Waals surface area contributed by atoms with Crippen molar-refractivity contribution in [3.8, 4) is 17.1 Å². The molecule has 1 amide bonds. The predicted molar refractivity (Wildman–Crippen MR) is 148 cm³/mol. The number of carbonyl (C=O) groups is 1. The van der Waals surface area contributed by atoms with Crippen LogP contribution in [0.25, 0.3) is 17.1 Å². The lowest BCUT2D eigenvalue weighted by Gasteiger charge is -2.18. The van der Waals surface area contributed by atoms with Crippen molar-refractivity contribution < 1.29 is 4.79 Å². The Hall–Kier alpha value is -3.13. The fraction of sp³-hybridized carbons (Fsp3) is 0.185. The molecule has 3 aromatic carbocycles. The zero-order valence-electron chi connectivity index (χ0n) is 20.1. The fourth-order valence-electron chi connectivity index (χ4n) is 3.38. The summed E-state index contributed by atoms with van der Waals surface area (Å²) in [5.41, 5.74) is 6.48. The van der Waals surface area contributed by atoms with Gasteiger partial charge in [-0.25, -0.2) is 5.43 Å². The molecule has 0 spiro atoms. The first kappa shape index (κ1) is 25.9.